The Bertz CT molecular complexity index is 1700. The zero-order valence-electron chi connectivity index (χ0n) is 30.3. The summed E-state index contributed by atoms with van der Waals surface area (Å²) in [6.07, 6.45) is 14.2. The molecular formula is C37H50N10O4. The van der Waals surface area contributed by atoms with Gasteiger partial charge in [-0.25, -0.2) is 19.6 Å². The first kappa shape index (κ1) is 36.2. The van der Waals surface area contributed by atoms with Crippen LogP contribution in [0.2, 0.25) is 0 Å². The minimum absolute atomic E-state index is 0.179. The second-order valence-electron chi connectivity index (χ2n) is 13.9. The number of aromatic nitrogens is 7. The Morgan fingerprint density at radius 2 is 1.75 bits per heavy atom. The molecule has 1 aliphatic heterocycles. The molecule has 3 aromatic heterocycles. The van der Waals surface area contributed by atoms with Crippen LogP contribution in [0.4, 0.5) is 11.6 Å². The molecule has 0 bridgehead atoms. The van der Waals surface area contributed by atoms with Gasteiger partial charge in [0.25, 0.3) is 5.88 Å². The van der Waals surface area contributed by atoms with Gasteiger partial charge in [-0.1, -0.05) is 6.07 Å². The lowest BCUT2D eigenvalue weighted by molar-refractivity contribution is -0.0852. The molecule has 272 valence electrons. The maximum atomic E-state index is 9.70. The molecule has 14 heteroatoms. The normalized spacial score (nSPS) is 21.7. The van der Waals surface area contributed by atoms with Crippen LogP contribution in [0.25, 0.3) is 11.1 Å². The van der Waals surface area contributed by atoms with E-state index in [9.17, 15) is 5.26 Å². The molecule has 2 aliphatic rings. The first-order valence-electron chi connectivity index (χ1n) is 18.1. The Morgan fingerprint density at radius 1 is 1.00 bits per heavy atom. The van der Waals surface area contributed by atoms with Crippen LogP contribution in [0.15, 0.2) is 49.4 Å². The van der Waals surface area contributed by atoms with Gasteiger partial charge >= 0.3 is 0 Å². The van der Waals surface area contributed by atoms with E-state index in [0.717, 1.165) is 62.0 Å². The van der Waals surface area contributed by atoms with Crippen molar-refractivity contribution in [3.8, 4) is 28.8 Å². The summed E-state index contributed by atoms with van der Waals surface area (Å²) in [5, 5.41) is 22.1. The molecule has 2 fully saturated rings. The lowest BCUT2D eigenvalue weighted by Gasteiger charge is -2.42. The zero-order valence-corrected chi connectivity index (χ0v) is 30.3. The van der Waals surface area contributed by atoms with E-state index in [-0.39, 0.29) is 30.5 Å². The molecule has 1 saturated carbocycles. The molecule has 4 aromatic rings. The monoisotopic (exact) mass is 698 g/mol. The van der Waals surface area contributed by atoms with Gasteiger partial charge in [-0.2, -0.15) is 10.4 Å². The van der Waals surface area contributed by atoms with Crippen LogP contribution in [0.5, 0.6) is 11.6 Å². The summed E-state index contributed by atoms with van der Waals surface area (Å²) >= 11 is 0. The number of ether oxygens (including phenoxy) is 4. The van der Waals surface area contributed by atoms with Gasteiger partial charge in [0, 0.05) is 43.5 Å². The molecule has 1 N–H and O–H groups in total. The van der Waals surface area contributed by atoms with Crippen LogP contribution in [0, 0.1) is 11.3 Å². The van der Waals surface area contributed by atoms with Gasteiger partial charge in [0.05, 0.1) is 55.9 Å². The van der Waals surface area contributed by atoms with Crippen molar-refractivity contribution in [3.63, 3.8) is 0 Å². The van der Waals surface area contributed by atoms with E-state index < -0.39 is 0 Å². The smallest absolute Gasteiger partial charge is 0.256 e. The third-order valence-electron chi connectivity index (χ3n) is 9.25. The van der Waals surface area contributed by atoms with Crippen molar-refractivity contribution < 1.29 is 18.9 Å². The van der Waals surface area contributed by atoms with Gasteiger partial charge in [-0.3, -0.25) is 9.58 Å². The molecule has 0 unspecified atom stereocenters. The lowest BCUT2D eigenvalue weighted by atomic mass is 9.89. The van der Waals surface area contributed by atoms with Crippen molar-refractivity contribution >= 4 is 11.6 Å². The van der Waals surface area contributed by atoms with E-state index in [1.54, 1.807) is 29.5 Å². The Morgan fingerprint density at radius 3 is 2.43 bits per heavy atom. The van der Waals surface area contributed by atoms with Crippen LogP contribution in [-0.2, 0) is 16.0 Å². The topological polar surface area (TPSA) is 150 Å². The highest BCUT2D eigenvalue weighted by atomic mass is 16.5. The van der Waals surface area contributed by atoms with Gasteiger partial charge in [-0.05, 0) is 78.0 Å². The molecule has 0 amide bonds. The number of benzene rings is 1. The molecule has 1 aromatic carbocycles. The van der Waals surface area contributed by atoms with Crippen molar-refractivity contribution in [2.75, 3.05) is 31.6 Å². The number of hydrogen-bond acceptors (Lipinski definition) is 12. The number of rotatable bonds is 15. The highest BCUT2D eigenvalue weighted by Crippen LogP contribution is 2.35. The number of nitriles is 1. The van der Waals surface area contributed by atoms with Crippen LogP contribution >= 0.6 is 0 Å². The van der Waals surface area contributed by atoms with Crippen molar-refractivity contribution in [2.24, 2.45) is 0 Å². The van der Waals surface area contributed by atoms with Crippen molar-refractivity contribution in [3.05, 3.63) is 55.0 Å². The predicted molar refractivity (Wildman–Crippen MR) is 192 cm³/mol. The predicted octanol–water partition coefficient (Wildman–Crippen LogP) is 5.80. The summed E-state index contributed by atoms with van der Waals surface area (Å²) in [4.78, 5) is 15.8. The molecule has 14 nitrogen and oxygen atoms in total. The SMILES string of the molecule is CC(C)OCCCOc1nn([C@H]2CC[C@H](N3C[C@@H](C)O[C@@H](C)C3)CC2)cc1Nc1ncc(-c2ccc(C#N)c(O[C@@H](C)Cn3cncn3)c2)cn1. The summed E-state index contributed by atoms with van der Waals surface area (Å²) in [6.45, 7) is 13.9. The maximum Gasteiger partial charge on any atom is 0.256 e. The van der Waals surface area contributed by atoms with Gasteiger partial charge < -0.3 is 24.3 Å². The van der Waals surface area contributed by atoms with Gasteiger partial charge in [0.15, 0.2) is 0 Å². The quantitative estimate of drug-likeness (QED) is 0.150. The Kier molecular flexibility index (Phi) is 12.1. The minimum Gasteiger partial charge on any atom is -0.487 e. The highest BCUT2D eigenvalue weighted by molar-refractivity contribution is 5.67. The first-order chi connectivity index (χ1) is 24.7. The summed E-state index contributed by atoms with van der Waals surface area (Å²) in [6, 6.07) is 8.54. The van der Waals surface area contributed by atoms with Crippen LogP contribution in [-0.4, -0.2) is 96.2 Å². The molecular weight excluding hydrogens is 648 g/mol. The fraction of sp³-hybridized carbons (Fsp3) is 0.568. The summed E-state index contributed by atoms with van der Waals surface area (Å²) in [5.74, 6) is 1.44. The largest absolute Gasteiger partial charge is 0.487 e. The van der Waals surface area contributed by atoms with Crippen LogP contribution in [0.1, 0.15) is 78.3 Å². The molecule has 4 heterocycles. The number of anilines is 2. The van der Waals surface area contributed by atoms with Gasteiger partial charge in [-0.15, -0.1) is 5.10 Å². The lowest BCUT2D eigenvalue weighted by Crippen LogP contribution is -2.51. The molecule has 0 spiro atoms. The van der Waals surface area contributed by atoms with Crippen molar-refractivity contribution in [2.45, 2.75) is 110 Å². The summed E-state index contributed by atoms with van der Waals surface area (Å²) in [7, 11) is 0. The number of hydrogen-bond donors (Lipinski definition) is 1. The van der Waals surface area contributed by atoms with Gasteiger partial charge in [0.1, 0.15) is 36.3 Å². The fourth-order valence-corrected chi connectivity index (χ4v) is 6.90. The van der Waals surface area contributed by atoms with E-state index in [1.807, 2.05) is 39.1 Å². The van der Waals surface area contributed by atoms with Crippen molar-refractivity contribution in [1.82, 2.24) is 39.4 Å². The van der Waals surface area contributed by atoms with E-state index in [2.05, 4.69) is 54.9 Å². The van der Waals surface area contributed by atoms with E-state index in [0.29, 0.717) is 48.9 Å². The average molecular weight is 699 g/mol. The Labute approximate surface area is 300 Å². The standard InChI is InChI=1S/C37H50N10O4/c1-25(2)48-13-6-14-49-36-34(22-47(44-36)33-11-9-32(10-12-33)45-19-26(3)50-27(4)20-45)43-37-40-17-31(18-41-37)29-7-8-30(16-38)35(15-29)51-28(5)21-46-24-39-23-42-46/h7-8,15,17-18,22-28,32-33H,6,9-14,19-21H2,1-5H3,(H,40,41,43)/t26-,27+,28-,32-,33-/m0/s1. The number of morpholine rings is 1. The minimum atomic E-state index is -0.232. The molecule has 0 radical (unpaired) electrons. The number of nitrogens with one attached hydrogen (secondary N) is 1. The van der Waals surface area contributed by atoms with E-state index >= 15 is 0 Å². The maximum absolute atomic E-state index is 9.70. The molecule has 1 aliphatic carbocycles. The zero-order chi connectivity index (χ0) is 35.7. The van der Waals surface area contributed by atoms with Crippen LogP contribution in [0.3, 0.4) is 0 Å². The average Bonchev–Trinajstić information content (AvgIpc) is 3.78. The third-order valence-corrected chi connectivity index (χ3v) is 9.25. The van der Waals surface area contributed by atoms with E-state index in [4.69, 9.17) is 24.0 Å². The molecule has 3 atom stereocenters. The molecule has 1 saturated heterocycles. The van der Waals surface area contributed by atoms with Crippen molar-refractivity contribution in [1.29, 1.82) is 5.26 Å². The van der Waals surface area contributed by atoms with E-state index in [1.165, 1.54) is 6.33 Å². The molecule has 51 heavy (non-hydrogen) atoms. The Balaban J connectivity index is 1.13. The number of nitrogens with zero attached hydrogens (tertiary/aromatic N) is 9. The fourth-order valence-electron chi connectivity index (χ4n) is 6.90. The summed E-state index contributed by atoms with van der Waals surface area (Å²) < 4.78 is 27.8. The van der Waals surface area contributed by atoms with Crippen LogP contribution < -0.4 is 14.8 Å². The first-order valence-corrected chi connectivity index (χ1v) is 18.1. The second kappa shape index (κ2) is 17.1. The third kappa shape index (κ3) is 9.81. The summed E-state index contributed by atoms with van der Waals surface area (Å²) in [5.41, 5.74) is 2.79. The molecule has 6 rings (SSSR count). The second-order valence-corrected chi connectivity index (χ2v) is 13.9. The van der Waals surface area contributed by atoms with Gasteiger partial charge in [0.2, 0.25) is 5.95 Å². The highest BCUT2D eigenvalue weighted by Gasteiger charge is 2.32. The Hall–Kier alpha value is -4.58.